The van der Waals surface area contributed by atoms with Crippen LogP contribution in [0.1, 0.15) is 245 Å². The van der Waals surface area contributed by atoms with E-state index < -0.39 is 18.2 Å². The summed E-state index contributed by atoms with van der Waals surface area (Å²) in [6.07, 6.45) is 54.6. The van der Waals surface area contributed by atoms with Crippen LogP contribution < -0.4 is 5.32 Å². The number of aliphatic hydroxyl groups is 2. The zero-order valence-electron chi connectivity index (χ0n) is 38.4. The highest BCUT2D eigenvalue weighted by Gasteiger charge is 2.24. The molecule has 0 aliphatic carbocycles. The Morgan fingerprint density at radius 1 is 0.517 bits per heavy atom. The molecule has 0 aromatic carbocycles. The number of hydrogen-bond acceptors (Lipinski definition) is 5. The van der Waals surface area contributed by atoms with Gasteiger partial charge in [0.25, 0.3) is 0 Å². The van der Waals surface area contributed by atoms with Gasteiger partial charge in [0.15, 0.2) is 0 Å². The fourth-order valence-corrected chi connectivity index (χ4v) is 7.42. The van der Waals surface area contributed by atoms with E-state index in [0.29, 0.717) is 19.3 Å². The van der Waals surface area contributed by atoms with Crippen molar-refractivity contribution >= 4 is 11.9 Å². The number of hydrogen-bond donors (Lipinski definition) is 3. The van der Waals surface area contributed by atoms with Gasteiger partial charge in [-0.3, -0.25) is 9.59 Å². The Bertz CT molecular complexity index is 1000. The first-order valence-electron chi connectivity index (χ1n) is 24.9. The first-order valence-corrected chi connectivity index (χ1v) is 24.9. The highest BCUT2D eigenvalue weighted by atomic mass is 16.5. The summed E-state index contributed by atoms with van der Waals surface area (Å²) in [5.74, 6) is -0.507. The van der Waals surface area contributed by atoms with E-state index >= 15 is 0 Å². The molecule has 58 heavy (non-hydrogen) atoms. The molecule has 3 N–H and O–H groups in total. The van der Waals surface area contributed by atoms with Crippen LogP contribution in [0.5, 0.6) is 0 Å². The minimum Gasteiger partial charge on any atom is -0.462 e. The predicted octanol–water partition coefficient (Wildman–Crippen LogP) is 14.7. The van der Waals surface area contributed by atoms with Gasteiger partial charge in [-0.1, -0.05) is 217 Å². The van der Waals surface area contributed by atoms with Crippen LogP contribution in [0, 0.1) is 0 Å². The second kappa shape index (κ2) is 45.9. The zero-order chi connectivity index (χ0) is 42.4. The number of unbranched alkanes of at least 4 members (excludes halogenated alkanes) is 24. The van der Waals surface area contributed by atoms with Crippen molar-refractivity contribution < 1.29 is 24.5 Å². The lowest BCUT2D eigenvalue weighted by Crippen LogP contribution is -2.46. The van der Waals surface area contributed by atoms with Crippen molar-refractivity contribution in [2.75, 3.05) is 6.61 Å². The molecule has 0 spiro atoms. The van der Waals surface area contributed by atoms with Crippen molar-refractivity contribution in [2.24, 2.45) is 0 Å². The Labute approximate surface area is 359 Å². The molecule has 0 bridgehead atoms. The average Bonchev–Trinajstić information content (AvgIpc) is 3.22. The third-order valence-corrected chi connectivity index (χ3v) is 11.2. The molecule has 0 heterocycles. The molecule has 0 fully saturated rings. The summed E-state index contributed by atoms with van der Waals surface area (Å²) in [6, 6.07) is -0.705. The summed E-state index contributed by atoms with van der Waals surface area (Å²) >= 11 is 0. The van der Waals surface area contributed by atoms with E-state index in [1.807, 2.05) is 0 Å². The molecule has 0 aliphatic heterocycles. The maximum Gasteiger partial charge on any atom is 0.306 e. The number of nitrogens with one attached hydrogen (secondary N) is 1. The molecule has 0 saturated carbocycles. The van der Waals surface area contributed by atoms with Crippen molar-refractivity contribution in [3.05, 3.63) is 48.6 Å². The quantitative estimate of drug-likeness (QED) is 0.0323. The van der Waals surface area contributed by atoms with Crippen molar-refractivity contribution in [1.82, 2.24) is 5.32 Å². The highest BCUT2D eigenvalue weighted by Crippen LogP contribution is 2.18. The SMILES string of the molecule is CC/C=C/C/C=C/C/C=C/C/C=C/CCCCCC(=O)OC(CCCCCCCCCCC)CC(=O)NC(CO)C(O)CCCCCCCCCCCCCCCC. The average molecular weight is 814 g/mol. The predicted molar refractivity (Wildman–Crippen MR) is 250 cm³/mol. The number of aliphatic hydroxyl groups excluding tert-OH is 2. The third kappa shape index (κ3) is 40.6. The smallest absolute Gasteiger partial charge is 0.306 e. The Balaban J connectivity index is 4.52. The second-order valence-electron chi connectivity index (χ2n) is 16.8. The van der Waals surface area contributed by atoms with E-state index in [9.17, 15) is 19.8 Å². The molecular formula is C52H95NO5. The Kier molecular flexibility index (Phi) is 44.2. The van der Waals surface area contributed by atoms with Crippen molar-refractivity contribution in [1.29, 1.82) is 0 Å². The standard InChI is InChI=1S/C52H95NO5/c1-4-7-10-13-16-19-21-23-25-26-28-30-33-36-39-42-45-52(57)58-48(43-40-37-34-31-18-15-12-9-6-3)46-51(56)53-49(47-54)50(55)44-41-38-35-32-29-27-24-22-20-17-14-11-8-5-2/h7,10,16,19,23,25,28,30,48-50,54-55H,4-6,8-9,11-15,17-18,20-22,24,26-27,29,31-47H2,1-3H3,(H,53,56)/b10-7+,19-16+,25-23+,30-28+. The van der Waals surface area contributed by atoms with Crippen LogP contribution in [0.4, 0.5) is 0 Å². The van der Waals surface area contributed by atoms with E-state index in [2.05, 4.69) is 74.7 Å². The van der Waals surface area contributed by atoms with E-state index in [1.54, 1.807) is 0 Å². The van der Waals surface area contributed by atoms with Crippen LogP contribution in [0.3, 0.4) is 0 Å². The number of allylic oxidation sites excluding steroid dienone is 8. The fourth-order valence-electron chi connectivity index (χ4n) is 7.42. The molecule has 338 valence electrons. The molecule has 6 nitrogen and oxygen atoms in total. The summed E-state index contributed by atoms with van der Waals surface area (Å²) in [6.45, 7) is 6.35. The van der Waals surface area contributed by atoms with Gasteiger partial charge in [0.05, 0.1) is 25.2 Å². The summed E-state index contributed by atoms with van der Waals surface area (Å²) in [4.78, 5) is 26.0. The maximum absolute atomic E-state index is 13.1. The van der Waals surface area contributed by atoms with E-state index in [1.165, 1.54) is 109 Å². The first-order chi connectivity index (χ1) is 28.5. The topological polar surface area (TPSA) is 95.9 Å². The Hall–Kier alpha value is -2.18. The minimum absolute atomic E-state index is 0.0661. The molecule has 0 aromatic heterocycles. The van der Waals surface area contributed by atoms with Crippen LogP contribution in [-0.2, 0) is 14.3 Å². The molecular weight excluding hydrogens is 719 g/mol. The number of carbonyl (C=O) groups is 2. The van der Waals surface area contributed by atoms with Crippen molar-refractivity contribution in [3.8, 4) is 0 Å². The van der Waals surface area contributed by atoms with Crippen LogP contribution in [0.2, 0.25) is 0 Å². The number of carbonyl (C=O) groups excluding carboxylic acids is 2. The lowest BCUT2D eigenvalue weighted by atomic mass is 10.0. The lowest BCUT2D eigenvalue weighted by Gasteiger charge is -2.24. The van der Waals surface area contributed by atoms with Gasteiger partial charge in [0.1, 0.15) is 6.10 Å². The molecule has 3 atom stereocenters. The summed E-state index contributed by atoms with van der Waals surface area (Å²) in [7, 11) is 0. The summed E-state index contributed by atoms with van der Waals surface area (Å²) in [5, 5.41) is 23.7. The van der Waals surface area contributed by atoms with Gasteiger partial charge in [0.2, 0.25) is 5.91 Å². The molecule has 6 heteroatoms. The van der Waals surface area contributed by atoms with Gasteiger partial charge in [-0.15, -0.1) is 0 Å². The molecule has 0 radical (unpaired) electrons. The van der Waals surface area contributed by atoms with Crippen LogP contribution in [0.15, 0.2) is 48.6 Å². The largest absolute Gasteiger partial charge is 0.462 e. The van der Waals surface area contributed by atoms with Gasteiger partial charge >= 0.3 is 5.97 Å². The van der Waals surface area contributed by atoms with Gasteiger partial charge in [-0.2, -0.15) is 0 Å². The van der Waals surface area contributed by atoms with Gasteiger partial charge in [0, 0.05) is 6.42 Å². The van der Waals surface area contributed by atoms with Gasteiger partial charge < -0.3 is 20.3 Å². The van der Waals surface area contributed by atoms with E-state index in [-0.39, 0.29) is 24.9 Å². The monoisotopic (exact) mass is 814 g/mol. The fraction of sp³-hybridized carbons (Fsp3) is 0.808. The van der Waals surface area contributed by atoms with Gasteiger partial charge in [-0.25, -0.2) is 0 Å². The first kappa shape index (κ1) is 55.8. The maximum atomic E-state index is 13.1. The van der Waals surface area contributed by atoms with Crippen molar-refractivity contribution in [3.63, 3.8) is 0 Å². The number of esters is 1. The van der Waals surface area contributed by atoms with Gasteiger partial charge in [-0.05, 0) is 64.2 Å². The molecule has 0 saturated heterocycles. The van der Waals surface area contributed by atoms with Crippen molar-refractivity contribution in [2.45, 2.75) is 264 Å². The number of ether oxygens (including phenoxy) is 1. The van der Waals surface area contributed by atoms with Crippen LogP contribution in [-0.4, -0.2) is 46.9 Å². The summed E-state index contributed by atoms with van der Waals surface area (Å²) < 4.78 is 5.90. The highest BCUT2D eigenvalue weighted by molar-refractivity contribution is 5.77. The lowest BCUT2D eigenvalue weighted by molar-refractivity contribution is -0.151. The number of amides is 1. The summed E-state index contributed by atoms with van der Waals surface area (Å²) in [5.41, 5.74) is 0. The second-order valence-corrected chi connectivity index (χ2v) is 16.8. The minimum atomic E-state index is -0.790. The molecule has 0 aromatic rings. The molecule has 1 amide bonds. The zero-order valence-corrected chi connectivity index (χ0v) is 38.4. The van der Waals surface area contributed by atoms with E-state index in [0.717, 1.165) is 89.9 Å². The van der Waals surface area contributed by atoms with Crippen LogP contribution >= 0.6 is 0 Å². The number of rotatable bonds is 44. The molecule has 0 aliphatic rings. The third-order valence-electron chi connectivity index (χ3n) is 11.2. The Morgan fingerprint density at radius 2 is 0.931 bits per heavy atom. The Morgan fingerprint density at radius 3 is 1.40 bits per heavy atom. The normalized spacial score (nSPS) is 13.7. The molecule has 3 unspecified atom stereocenters. The van der Waals surface area contributed by atoms with Crippen LogP contribution in [0.25, 0.3) is 0 Å². The van der Waals surface area contributed by atoms with E-state index in [4.69, 9.17) is 4.74 Å². The molecule has 0 rings (SSSR count).